The summed E-state index contributed by atoms with van der Waals surface area (Å²) >= 11 is 0. The van der Waals surface area contributed by atoms with Gasteiger partial charge in [-0.1, -0.05) is 0 Å². The number of nitrogens with zero attached hydrogens (tertiary/aromatic N) is 2. The number of halogens is 1. The fourth-order valence-corrected chi connectivity index (χ4v) is 2.08. The smallest absolute Gasteiger partial charge is 0.194 e. The molecule has 19 heavy (non-hydrogen) atoms. The monoisotopic (exact) mass is 385 g/mol. The van der Waals surface area contributed by atoms with Crippen molar-refractivity contribution in [2.24, 2.45) is 4.99 Å². The van der Waals surface area contributed by atoms with E-state index in [1.54, 1.807) is 7.11 Å². The number of hydrogen-bond donors (Lipinski definition) is 2. The Balaban J connectivity index is 0.00000324. The Bertz CT molecular complexity index is 252. The molecule has 6 heteroatoms. The summed E-state index contributed by atoms with van der Waals surface area (Å²) in [6, 6.07) is 0. The summed E-state index contributed by atoms with van der Waals surface area (Å²) < 4.78 is 5.02. The van der Waals surface area contributed by atoms with E-state index in [0.29, 0.717) is 6.54 Å². The van der Waals surface area contributed by atoms with Crippen LogP contribution in [0.3, 0.4) is 0 Å². The summed E-state index contributed by atoms with van der Waals surface area (Å²) in [5.41, 5.74) is 0. The number of β-amino-alcohol motifs (C(OH)–C–C–N with tert-alkyl or cyclic N) is 1. The zero-order chi connectivity index (χ0) is 13.2. The lowest BCUT2D eigenvalue weighted by Gasteiger charge is -2.20. The molecule has 0 aromatic carbocycles. The van der Waals surface area contributed by atoms with Crippen molar-refractivity contribution in [3.05, 3.63) is 0 Å². The highest BCUT2D eigenvalue weighted by atomic mass is 127. The van der Waals surface area contributed by atoms with E-state index >= 15 is 0 Å². The van der Waals surface area contributed by atoms with Gasteiger partial charge in [0, 0.05) is 39.9 Å². The molecule has 0 bridgehead atoms. The number of unbranched alkanes of at least 4 members (excludes halogenated alkanes) is 2. The van der Waals surface area contributed by atoms with Crippen molar-refractivity contribution >= 4 is 29.9 Å². The molecule has 0 saturated carbocycles. The summed E-state index contributed by atoms with van der Waals surface area (Å²) in [7, 11) is 1.74. The Morgan fingerprint density at radius 3 is 2.79 bits per heavy atom. The number of hydrogen-bond acceptors (Lipinski definition) is 3. The fourth-order valence-electron chi connectivity index (χ4n) is 2.08. The van der Waals surface area contributed by atoms with Crippen LogP contribution in [0.1, 0.15) is 32.6 Å². The van der Waals surface area contributed by atoms with Crippen molar-refractivity contribution in [1.29, 1.82) is 0 Å². The van der Waals surface area contributed by atoms with E-state index in [4.69, 9.17) is 4.74 Å². The molecule has 1 atom stereocenters. The normalized spacial score (nSPS) is 19.4. The lowest BCUT2D eigenvalue weighted by atomic mass is 10.2. The molecule has 1 aliphatic rings. The molecule has 0 aliphatic carbocycles. The van der Waals surface area contributed by atoms with Crippen LogP contribution in [0.4, 0.5) is 0 Å². The van der Waals surface area contributed by atoms with Crippen LogP contribution in [0.15, 0.2) is 4.99 Å². The third-order valence-corrected chi connectivity index (χ3v) is 3.07. The largest absolute Gasteiger partial charge is 0.391 e. The number of nitrogens with one attached hydrogen (secondary N) is 1. The number of aliphatic imine (C=N–C) groups is 1. The Morgan fingerprint density at radius 2 is 2.21 bits per heavy atom. The Kier molecular flexibility index (Phi) is 11.7. The average molecular weight is 385 g/mol. The lowest BCUT2D eigenvalue weighted by molar-refractivity contribution is 0.187. The molecule has 2 N–H and O–H groups in total. The van der Waals surface area contributed by atoms with E-state index in [9.17, 15) is 5.11 Å². The van der Waals surface area contributed by atoms with Crippen LogP contribution < -0.4 is 5.32 Å². The number of methoxy groups -OCH3 is 1. The Hall–Kier alpha value is -0.0800. The number of aliphatic hydroxyl groups is 1. The van der Waals surface area contributed by atoms with Gasteiger partial charge in [0.15, 0.2) is 5.96 Å². The van der Waals surface area contributed by atoms with Crippen molar-refractivity contribution in [3.63, 3.8) is 0 Å². The fraction of sp³-hybridized carbons (Fsp3) is 0.923. The molecular weight excluding hydrogens is 357 g/mol. The highest BCUT2D eigenvalue weighted by Gasteiger charge is 2.22. The predicted octanol–water partition coefficient (Wildman–Crippen LogP) is 1.45. The molecule has 1 heterocycles. The average Bonchev–Trinajstić information content (AvgIpc) is 2.79. The molecule has 0 radical (unpaired) electrons. The zero-order valence-electron chi connectivity index (χ0n) is 12.1. The third-order valence-electron chi connectivity index (χ3n) is 3.07. The maximum Gasteiger partial charge on any atom is 0.194 e. The van der Waals surface area contributed by atoms with Gasteiger partial charge in [0.05, 0.1) is 6.10 Å². The van der Waals surface area contributed by atoms with Crippen LogP contribution in [0.25, 0.3) is 0 Å². The number of guanidine groups is 1. The highest BCUT2D eigenvalue weighted by molar-refractivity contribution is 14.0. The van der Waals surface area contributed by atoms with Crippen molar-refractivity contribution in [3.8, 4) is 0 Å². The molecule has 0 amide bonds. The van der Waals surface area contributed by atoms with E-state index in [-0.39, 0.29) is 30.1 Å². The molecule has 1 aliphatic heterocycles. The van der Waals surface area contributed by atoms with E-state index in [0.717, 1.165) is 57.9 Å². The van der Waals surface area contributed by atoms with Gasteiger partial charge in [-0.25, -0.2) is 0 Å². The molecule has 1 saturated heterocycles. The number of aliphatic hydroxyl groups excluding tert-OH is 1. The maximum atomic E-state index is 9.55. The Morgan fingerprint density at radius 1 is 1.42 bits per heavy atom. The Labute approximate surface area is 133 Å². The highest BCUT2D eigenvalue weighted by Crippen LogP contribution is 2.09. The van der Waals surface area contributed by atoms with Crippen molar-refractivity contribution in [2.45, 2.75) is 38.7 Å². The zero-order valence-corrected chi connectivity index (χ0v) is 14.4. The van der Waals surface area contributed by atoms with Crippen LogP contribution in [-0.4, -0.2) is 62.0 Å². The molecule has 1 fully saturated rings. The van der Waals surface area contributed by atoms with Crippen LogP contribution in [0.2, 0.25) is 0 Å². The van der Waals surface area contributed by atoms with Gasteiger partial charge < -0.3 is 20.1 Å². The molecule has 0 spiro atoms. The second kappa shape index (κ2) is 11.7. The number of ether oxygens (including phenoxy) is 1. The predicted molar refractivity (Wildman–Crippen MR) is 89.3 cm³/mol. The summed E-state index contributed by atoms with van der Waals surface area (Å²) in [5.74, 6) is 0.945. The van der Waals surface area contributed by atoms with Crippen LogP contribution in [0, 0.1) is 0 Å². The van der Waals surface area contributed by atoms with Gasteiger partial charge in [-0.2, -0.15) is 0 Å². The summed E-state index contributed by atoms with van der Waals surface area (Å²) in [5, 5.41) is 12.8. The van der Waals surface area contributed by atoms with Crippen molar-refractivity contribution in [1.82, 2.24) is 10.2 Å². The molecule has 0 unspecified atom stereocenters. The second-order valence-electron chi connectivity index (χ2n) is 4.68. The first kappa shape index (κ1) is 18.9. The SMILES string of the molecule is CCNC(=NCCCCCOC)N1CC[C@@H](O)C1.I. The molecular formula is C13H28IN3O2. The van der Waals surface area contributed by atoms with E-state index in [2.05, 4.69) is 22.1 Å². The summed E-state index contributed by atoms with van der Waals surface area (Å²) in [6.07, 6.45) is 3.99. The van der Waals surface area contributed by atoms with Gasteiger partial charge in [-0.15, -0.1) is 24.0 Å². The van der Waals surface area contributed by atoms with Gasteiger partial charge in [0.2, 0.25) is 0 Å². The van der Waals surface area contributed by atoms with Gasteiger partial charge in [-0.05, 0) is 32.6 Å². The number of likely N-dealkylation sites (tertiary alicyclic amines) is 1. The minimum absolute atomic E-state index is 0. The third kappa shape index (κ3) is 7.94. The van der Waals surface area contributed by atoms with E-state index < -0.39 is 0 Å². The standard InChI is InChI=1S/C13H27N3O2.HI/c1-3-14-13(16-9-7-12(17)11-16)15-8-5-4-6-10-18-2;/h12,17H,3-11H2,1-2H3,(H,14,15);1H/t12-;/m1./s1. The van der Waals surface area contributed by atoms with Crippen molar-refractivity contribution in [2.75, 3.05) is 39.9 Å². The summed E-state index contributed by atoms with van der Waals surface area (Å²) in [4.78, 5) is 6.75. The maximum absolute atomic E-state index is 9.55. The first-order valence-corrected chi connectivity index (χ1v) is 6.98. The minimum Gasteiger partial charge on any atom is -0.391 e. The van der Waals surface area contributed by atoms with Gasteiger partial charge in [-0.3, -0.25) is 4.99 Å². The van der Waals surface area contributed by atoms with E-state index in [1.807, 2.05) is 0 Å². The van der Waals surface area contributed by atoms with Crippen LogP contribution >= 0.6 is 24.0 Å². The van der Waals surface area contributed by atoms with Gasteiger partial charge in [0.25, 0.3) is 0 Å². The van der Waals surface area contributed by atoms with E-state index in [1.165, 1.54) is 0 Å². The number of rotatable bonds is 7. The topological polar surface area (TPSA) is 57.1 Å². The first-order chi connectivity index (χ1) is 8.77. The van der Waals surface area contributed by atoms with Crippen LogP contribution in [-0.2, 0) is 4.74 Å². The van der Waals surface area contributed by atoms with Crippen molar-refractivity contribution < 1.29 is 9.84 Å². The summed E-state index contributed by atoms with van der Waals surface area (Å²) in [6.45, 7) is 6.22. The molecule has 0 aromatic heterocycles. The van der Waals surface area contributed by atoms with Gasteiger partial charge in [0.1, 0.15) is 0 Å². The van der Waals surface area contributed by atoms with Gasteiger partial charge >= 0.3 is 0 Å². The second-order valence-corrected chi connectivity index (χ2v) is 4.68. The molecule has 1 rings (SSSR count). The molecule has 114 valence electrons. The molecule has 5 nitrogen and oxygen atoms in total. The molecule has 0 aromatic rings. The minimum atomic E-state index is -0.199. The lowest BCUT2D eigenvalue weighted by Crippen LogP contribution is -2.40. The quantitative estimate of drug-likeness (QED) is 0.302. The first-order valence-electron chi connectivity index (χ1n) is 6.98. The van der Waals surface area contributed by atoms with Crippen LogP contribution in [0.5, 0.6) is 0 Å².